The molecule has 1 saturated heterocycles. The molecule has 112 valence electrons. The van der Waals surface area contributed by atoms with Gasteiger partial charge in [-0.1, -0.05) is 0 Å². The summed E-state index contributed by atoms with van der Waals surface area (Å²) in [6, 6.07) is -1.29. The third-order valence-electron chi connectivity index (χ3n) is 2.82. The number of aliphatic carboxylic acids is 1. The number of carbonyl (C=O) groups is 1. The van der Waals surface area contributed by atoms with Crippen LogP contribution in [0.5, 0.6) is 0 Å². The number of nitrogens with one attached hydrogen (secondary N) is 1. The Morgan fingerprint density at radius 3 is 2.42 bits per heavy atom. The number of hydrogen-bond acceptors (Lipinski definition) is 9. The highest BCUT2D eigenvalue weighted by Gasteiger charge is 2.44. The van der Waals surface area contributed by atoms with Crippen molar-refractivity contribution in [1.29, 1.82) is 0 Å². The average Bonchev–Trinajstić information content (AvgIpc) is 2.38. The first-order valence-electron chi connectivity index (χ1n) is 5.53. The second-order valence-corrected chi connectivity index (χ2v) is 4.14. The lowest BCUT2D eigenvalue weighted by Gasteiger charge is -2.41. The van der Waals surface area contributed by atoms with Gasteiger partial charge in [-0.05, 0) is 0 Å². The Morgan fingerprint density at radius 2 is 1.95 bits per heavy atom. The molecule has 8 N–H and O–H groups in total. The first-order chi connectivity index (χ1) is 8.92. The van der Waals surface area contributed by atoms with Gasteiger partial charge in [-0.2, -0.15) is 0 Å². The van der Waals surface area contributed by atoms with Gasteiger partial charge in [-0.25, -0.2) is 5.90 Å². The van der Waals surface area contributed by atoms with Gasteiger partial charge < -0.3 is 35.1 Å². The van der Waals surface area contributed by atoms with Crippen LogP contribution >= 0.6 is 0 Å². The van der Waals surface area contributed by atoms with E-state index in [0.717, 1.165) is 0 Å². The second-order valence-electron chi connectivity index (χ2n) is 4.14. The lowest BCUT2D eigenvalue weighted by molar-refractivity contribution is -0.239. The van der Waals surface area contributed by atoms with Crippen LogP contribution in [0.1, 0.15) is 0 Å². The number of hydrogen-bond donors (Lipinski definition) is 7. The number of aliphatic hydroxyl groups excluding tert-OH is 4. The van der Waals surface area contributed by atoms with Crippen molar-refractivity contribution in [2.24, 2.45) is 5.90 Å². The monoisotopic (exact) mass is 282 g/mol. The van der Waals surface area contributed by atoms with Crippen molar-refractivity contribution < 1.29 is 39.9 Å². The minimum atomic E-state index is -1.59. The van der Waals surface area contributed by atoms with Gasteiger partial charge in [0, 0.05) is 0 Å². The lowest BCUT2D eigenvalue weighted by Crippen LogP contribution is -2.64. The van der Waals surface area contributed by atoms with E-state index in [0.29, 0.717) is 0 Å². The summed E-state index contributed by atoms with van der Waals surface area (Å²) < 4.78 is 5.08. The molecule has 0 spiro atoms. The maximum atomic E-state index is 10.9. The standard InChI is InChI=1S/C9H18N2O8/c10-18-2-3(9(16)17)11-8-7(15)6(14)5(13)4(1-12)19-8/h3-8,11-15H,1-2,10H2,(H,16,17)/t3-,4+,5+,6-,7-,8?/m0/s1. The lowest BCUT2D eigenvalue weighted by atomic mass is 9.98. The van der Waals surface area contributed by atoms with Gasteiger partial charge in [0.15, 0.2) is 0 Å². The summed E-state index contributed by atoms with van der Waals surface area (Å²) in [4.78, 5) is 15.1. The first kappa shape index (κ1) is 16.2. The van der Waals surface area contributed by atoms with Gasteiger partial charge >= 0.3 is 5.97 Å². The van der Waals surface area contributed by atoms with E-state index < -0.39 is 55.9 Å². The normalized spacial score (nSPS) is 37.0. The molecule has 0 bridgehead atoms. The van der Waals surface area contributed by atoms with E-state index in [1.165, 1.54) is 0 Å². The number of nitrogens with two attached hydrogens (primary N) is 1. The first-order valence-corrected chi connectivity index (χ1v) is 5.53. The predicted molar refractivity (Wildman–Crippen MR) is 58.5 cm³/mol. The summed E-state index contributed by atoms with van der Waals surface area (Å²) in [5.41, 5.74) is 0. The Hall–Kier alpha value is -0.850. The van der Waals surface area contributed by atoms with Gasteiger partial charge in [-0.15, -0.1) is 0 Å². The van der Waals surface area contributed by atoms with Crippen molar-refractivity contribution in [2.45, 2.75) is 36.7 Å². The largest absolute Gasteiger partial charge is 0.480 e. The summed E-state index contributed by atoms with van der Waals surface area (Å²) in [5.74, 6) is 3.47. The minimum Gasteiger partial charge on any atom is -0.480 e. The zero-order valence-electron chi connectivity index (χ0n) is 9.92. The van der Waals surface area contributed by atoms with Gasteiger partial charge in [-0.3, -0.25) is 10.1 Å². The van der Waals surface area contributed by atoms with Crippen LogP contribution in [0.4, 0.5) is 0 Å². The van der Waals surface area contributed by atoms with Crippen LogP contribution in [-0.2, 0) is 14.4 Å². The molecule has 10 nitrogen and oxygen atoms in total. The highest BCUT2D eigenvalue weighted by molar-refractivity contribution is 5.73. The van der Waals surface area contributed by atoms with Crippen molar-refractivity contribution in [3.05, 3.63) is 0 Å². The molecule has 1 aliphatic rings. The molecule has 1 fully saturated rings. The molecule has 0 amide bonds. The van der Waals surface area contributed by atoms with Gasteiger partial charge in [0.05, 0.1) is 13.2 Å². The number of rotatable bonds is 6. The number of ether oxygens (including phenoxy) is 1. The third-order valence-corrected chi connectivity index (χ3v) is 2.82. The number of carboxylic acids is 1. The molecule has 0 aromatic rings. The maximum Gasteiger partial charge on any atom is 0.323 e. The van der Waals surface area contributed by atoms with Crippen molar-refractivity contribution in [2.75, 3.05) is 13.2 Å². The van der Waals surface area contributed by atoms with E-state index in [1.807, 2.05) is 0 Å². The summed E-state index contributed by atoms with van der Waals surface area (Å²) in [5, 5.41) is 48.9. The van der Waals surface area contributed by atoms with Crippen molar-refractivity contribution >= 4 is 5.97 Å². The van der Waals surface area contributed by atoms with Gasteiger partial charge in [0.25, 0.3) is 0 Å². The summed E-state index contributed by atoms with van der Waals surface area (Å²) in [6.45, 7) is -1.00. The van der Waals surface area contributed by atoms with Gasteiger partial charge in [0.1, 0.15) is 36.7 Å². The fraction of sp³-hybridized carbons (Fsp3) is 0.889. The fourth-order valence-corrected chi connectivity index (χ4v) is 1.72. The molecule has 1 unspecified atom stereocenters. The quantitative estimate of drug-likeness (QED) is 0.236. The van der Waals surface area contributed by atoms with Crippen molar-refractivity contribution in [3.8, 4) is 0 Å². The third kappa shape index (κ3) is 3.81. The SMILES string of the molecule is NOC[C@H](NC1O[C@H](CO)[C@@H](O)[C@H](O)[C@@H]1O)C(=O)O. The van der Waals surface area contributed by atoms with Crippen LogP contribution in [0.2, 0.25) is 0 Å². The molecule has 0 aliphatic carbocycles. The molecular formula is C9H18N2O8. The molecule has 0 aromatic heterocycles. The molecule has 0 radical (unpaired) electrons. The Bertz CT molecular complexity index is 302. The topological polar surface area (TPSA) is 175 Å². The Labute approximate surface area is 108 Å². The van der Waals surface area contributed by atoms with E-state index in [2.05, 4.69) is 10.2 Å². The molecular weight excluding hydrogens is 264 g/mol. The highest BCUT2D eigenvalue weighted by Crippen LogP contribution is 2.20. The zero-order valence-corrected chi connectivity index (χ0v) is 9.92. The zero-order chi connectivity index (χ0) is 14.6. The van der Waals surface area contributed by atoms with Crippen LogP contribution in [0, 0.1) is 0 Å². The summed E-state index contributed by atoms with van der Waals surface area (Å²) >= 11 is 0. The van der Waals surface area contributed by atoms with Crippen molar-refractivity contribution in [1.82, 2.24) is 5.32 Å². The fourth-order valence-electron chi connectivity index (χ4n) is 1.72. The minimum absolute atomic E-state index is 0.398. The van der Waals surface area contributed by atoms with E-state index in [-0.39, 0.29) is 0 Å². The van der Waals surface area contributed by atoms with Crippen LogP contribution < -0.4 is 11.2 Å². The molecule has 6 atom stereocenters. The molecule has 1 rings (SSSR count). The number of carboxylic acid groups (broad SMARTS) is 1. The Balaban J connectivity index is 2.72. The van der Waals surface area contributed by atoms with E-state index in [9.17, 15) is 20.1 Å². The Morgan fingerprint density at radius 1 is 1.32 bits per heavy atom. The number of aliphatic hydroxyl groups is 4. The molecule has 1 aliphatic heterocycles. The molecule has 0 aromatic carbocycles. The maximum absolute atomic E-state index is 10.9. The second kappa shape index (κ2) is 7.07. The smallest absolute Gasteiger partial charge is 0.323 e. The molecule has 1 heterocycles. The predicted octanol–water partition coefficient (Wildman–Crippen LogP) is -4.28. The average molecular weight is 282 g/mol. The van der Waals surface area contributed by atoms with E-state index in [4.69, 9.17) is 20.8 Å². The molecule has 19 heavy (non-hydrogen) atoms. The highest BCUT2D eigenvalue weighted by atomic mass is 16.6. The van der Waals surface area contributed by atoms with Crippen LogP contribution in [-0.4, -0.2) is 81.4 Å². The van der Waals surface area contributed by atoms with Crippen LogP contribution in [0.25, 0.3) is 0 Å². The van der Waals surface area contributed by atoms with Crippen LogP contribution in [0.15, 0.2) is 0 Å². The summed E-state index contributed by atoms with van der Waals surface area (Å²) in [6.07, 6.45) is -7.09. The van der Waals surface area contributed by atoms with Crippen LogP contribution in [0.3, 0.4) is 0 Å². The van der Waals surface area contributed by atoms with E-state index in [1.54, 1.807) is 0 Å². The van der Waals surface area contributed by atoms with Crippen molar-refractivity contribution in [3.63, 3.8) is 0 Å². The summed E-state index contributed by atoms with van der Waals surface area (Å²) in [7, 11) is 0. The van der Waals surface area contributed by atoms with Gasteiger partial charge in [0.2, 0.25) is 0 Å². The molecule has 0 saturated carbocycles. The molecule has 10 heteroatoms. The Kier molecular flexibility index (Phi) is 6.03. The van der Waals surface area contributed by atoms with E-state index >= 15 is 0 Å².